The molecule has 80 valence electrons. The second kappa shape index (κ2) is 3.69. The molecule has 1 saturated carbocycles. The molecule has 1 aliphatic carbocycles. The molecule has 1 aromatic carbocycles. The molecule has 1 fully saturated rings. The van der Waals surface area contributed by atoms with Crippen LogP contribution in [0.3, 0.4) is 0 Å². The van der Waals surface area contributed by atoms with Gasteiger partial charge >= 0.3 is 5.97 Å². The molecule has 0 spiro atoms. The van der Waals surface area contributed by atoms with Crippen LogP contribution in [0.2, 0.25) is 0 Å². The quantitative estimate of drug-likeness (QED) is 0.707. The largest absolute Gasteiger partial charge is 0.469 e. The molecular formula is C13H16O2. The highest BCUT2D eigenvalue weighted by molar-refractivity contribution is 5.80. The van der Waals surface area contributed by atoms with E-state index >= 15 is 0 Å². The third kappa shape index (κ3) is 1.89. The molecule has 0 bridgehead atoms. The molecular weight excluding hydrogens is 188 g/mol. The summed E-state index contributed by atoms with van der Waals surface area (Å²) < 4.78 is 4.85. The number of hydrogen-bond acceptors (Lipinski definition) is 2. The number of methoxy groups -OCH3 is 1. The normalized spacial score (nSPS) is 17.2. The van der Waals surface area contributed by atoms with Crippen LogP contribution in [0.15, 0.2) is 24.3 Å². The molecule has 0 unspecified atom stereocenters. The average Bonchev–Trinajstić information content (AvgIpc) is 3.01. The molecule has 0 radical (unpaired) electrons. The first-order valence-corrected chi connectivity index (χ1v) is 5.31. The van der Waals surface area contributed by atoms with Crippen LogP contribution in [0.4, 0.5) is 0 Å². The highest BCUT2D eigenvalue weighted by Gasteiger charge is 2.50. The summed E-state index contributed by atoms with van der Waals surface area (Å²) in [4.78, 5) is 11.6. The lowest BCUT2D eigenvalue weighted by Crippen LogP contribution is -2.20. The van der Waals surface area contributed by atoms with Gasteiger partial charge in [0.25, 0.3) is 0 Å². The lowest BCUT2D eigenvalue weighted by Gasteiger charge is -2.13. The first-order valence-electron chi connectivity index (χ1n) is 5.31. The third-order valence-electron chi connectivity index (χ3n) is 3.26. The Kier molecular flexibility index (Phi) is 2.51. The molecule has 2 rings (SSSR count). The van der Waals surface area contributed by atoms with Crippen molar-refractivity contribution in [2.45, 2.75) is 26.2 Å². The van der Waals surface area contributed by atoms with E-state index in [1.54, 1.807) is 0 Å². The summed E-state index contributed by atoms with van der Waals surface area (Å²) in [7, 11) is 1.47. The lowest BCUT2D eigenvalue weighted by molar-refractivity contribution is -0.147. The Labute approximate surface area is 90.3 Å². The van der Waals surface area contributed by atoms with Gasteiger partial charge in [0.1, 0.15) is 0 Å². The topological polar surface area (TPSA) is 26.3 Å². The van der Waals surface area contributed by atoms with Crippen molar-refractivity contribution in [3.63, 3.8) is 0 Å². The second-order valence-electron chi connectivity index (χ2n) is 4.38. The van der Waals surface area contributed by atoms with Crippen molar-refractivity contribution in [1.29, 1.82) is 0 Å². The zero-order chi connectivity index (χ0) is 10.9. The number of carbonyl (C=O) groups is 1. The van der Waals surface area contributed by atoms with Crippen LogP contribution in [0.1, 0.15) is 24.0 Å². The minimum Gasteiger partial charge on any atom is -0.469 e. The van der Waals surface area contributed by atoms with E-state index in [2.05, 4.69) is 19.1 Å². The first-order chi connectivity index (χ1) is 7.18. The first kappa shape index (κ1) is 10.2. The number of rotatable bonds is 3. The van der Waals surface area contributed by atoms with E-state index < -0.39 is 0 Å². The average molecular weight is 204 g/mol. The number of benzene rings is 1. The van der Waals surface area contributed by atoms with E-state index in [0.29, 0.717) is 0 Å². The Hall–Kier alpha value is -1.31. The predicted molar refractivity (Wildman–Crippen MR) is 58.6 cm³/mol. The molecule has 1 aromatic rings. The Morgan fingerprint density at radius 2 is 2.07 bits per heavy atom. The molecule has 0 amide bonds. The van der Waals surface area contributed by atoms with Crippen LogP contribution in [0.25, 0.3) is 0 Å². The summed E-state index contributed by atoms with van der Waals surface area (Å²) >= 11 is 0. The number of hydrogen-bond donors (Lipinski definition) is 0. The van der Waals surface area contributed by atoms with Gasteiger partial charge < -0.3 is 4.74 Å². The maximum absolute atomic E-state index is 11.6. The van der Waals surface area contributed by atoms with Crippen LogP contribution in [-0.4, -0.2) is 13.1 Å². The number of aryl methyl sites for hydroxylation is 1. The standard InChI is InChI=1S/C13H16O2/c1-10-5-3-4-6-11(10)9-13(7-8-13)12(14)15-2/h3-6H,7-9H2,1-2H3. The van der Waals surface area contributed by atoms with E-state index in [-0.39, 0.29) is 11.4 Å². The molecule has 2 heteroatoms. The van der Waals surface area contributed by atoms with Crippen LogP contribution in [0.5, 0.6) is 0 Å². The molecule has 0 saturated heterocycles. The van der Waals surface area contributed by atoms with Gasteiger partial charge in [-0.3, -0.25) is 4.79 Å². The zero-order valence-corrected chi connectivity index (χ0v) is 9.25. The summed E-state index contributed by atoms with van der Waals surface area (Å²) in [6.45, 7) is 2.09. The third-order valence-corrected chi connectivity index (χ3v) is 3.26. The summed E-state index contributed by atoms with van der Waals surface area (Å²) in [6, 6.07) is 8.23. The van der Waals surface area contributed by atoms with Gasteiger partial charge in [-0.15, -0.1) is 0 Å². The van der Waals surface area contributed by atoms with Gasteiger partial charge in [-0.05, 0) is 37.3 Å². The van der Waals surface area contributed by atoms with Gasteiger partial charge in [0.15, 0.2) is 0 Å². The highest BCUT2D eigenvalue weighted by atomic mass is 16.5. The fraction of sp³-hybridized carbons (Fsp3) is 0.462. The van der Waals surface area contributed by atoms with Gasteiger partial charge in [0.05, 0.1) is 12.5 Å². The van der Waals surface area contributed by atoms with Crippen molar-refractivity contribution >= 4 is 5.97 Å². The van der Waals surface area contributed by atoms with Crippen molar-refractivity contribution in [2.24, 2.45) is 5.41 Å². The molecule has 0 aromatic heterocycles. The van der Waals surface area contributed by atoms with E-state index in [0.717, 1.165) is 19.3 Å². The van der Waals surface area contributed by atoms with E-state index in [1.807, 2.05) is 12.1 Å². The molecule has 0 aliphatic heterocycles. The van der Waals surface area contributed by atoms with Crippen molar-refractivity contribution < 1.29 is 9.53 Å². The lowest BCUT2D eigenvalue weighted by atomic mass is 9.94. The van der Waals surface area contributed by atoms with Gasteiger partial charge in [0.2, 0.25) is 0 Å². The molecule has 0 heterocycles. The fourth-order valence-electron chi connectivity index (χ4n) is 1.99. The SMILES string of the molecule is COC(=O)C1(Cc2ccccc2C)CC1. The van der Waals surface area contributed by atoms with Crippen molar-refractivity contribution in [3.8, 4) is 0 Å². The molecule has 2 nitrogen and oxygen atoms in total. The highest BCUT2D eigenvalue weighted by Crippen LogP contribution is 2.49. The Balaban J connectivity index is 2.16. The minimum atomic E-state index is -0.207. The van der Waals surface area contributed by atoms with Crippen LogP contribution in [0, 0.1) is 12.3 Å². The van der Waals surface area contributed by atoms with Gasteiger partial charge in [-0.2, -0.15) is 0 Å². The summed E-state index contributed by atoms with van der Waals surface area (Å²) in [5.41, 5.74) is 2.31. The second-order valence-corrected chi connectivity index (χ2v) is 4.38. The summed E-state index contributed by atoms with van der Waals surface area (Å²) in [5, 5.41) is 0. The molecule has 0 atom stereocenters. The summed E-state index contributed by atoms with van der Waals surface area (Å²) in [6.07, 6.45) is 2.76. The summed E-state index contributed by atoms with van der Waals surface area (Å²) in [5.74, 6) is -0.0502. The number of ether oxygens (including phenoxy) is 1. The minimum absolute atomic E-state index is 0.0502. The van der Waals surface area contributed by atoms with E-state index in [1.165, 1.54) is 18.2 Å². The monoisotopic (exact) mass is 204 g/mol. The van der Waals surface area contributed by atoms with Gasteiger partial charge in [-0.1, -0.05) is 24.3 Å². The smallest absolute Gasteiger partial charge is 0.312 e. The Bertz CT molecular complexity index is 378. The molecule has 1 aliphatic rings. The predicted octanol–water partition coefficient (Wildman–Crippen LogP) is 2.49. The fourth-order valence-corrected chi connectivity index (χ4v) is 1.99. The maximum atomic E-state index is 11.6. The van der Waals surface area contributed by atoms with Crippen molar-refractivity contribution in [2.75, 3.05) is 7.11 Å². The number of carbonyl (C=O) groups excluding carboxylic acids is 1. The molecule has 15 heavy (non-hydrogen) atoms. The van der Waals surface area contributed by atoms with Gasteiger partial charge in [-0.25, -0.2) is 0 Å². The van der Waals surface area contributed by atoms with Crippen LogP contribution >= 0.6 is 0 Å². The van der Waals surface area contributed by atoms with E-state index in [4.69, 9.17) is 4.74 Å². The molecule has 0 N–H and O–H groups in total. The van der Waals surface area contributed by atoms with Crippen LogP contribution < -0.4 is 0 Å². The van der Waals surface area contributed by atoms with E-state index in [9.17, 15) is 4.79 Å². The number of esters is 1. The van der Waals surface area contributed by atoms with Crippen LogP contribution in [-0.2, 0) is 16.0 Å². The zero-order valence-electron chi connectivity index (χ0n) is 9.25. The Morgan fingerprint density at radius 3 is 2.60 bits per heavy atom. The van der Waals surface area contributed by atoms with Crippen molar-refractivity contribution in [1.82, 2.24) is 0 Å². The van der Waals surface area contributed by atoms with Gasteiger partial charge in [0, 0.05) is 0 Å². The Morgan fingerprint density at radius 1 is 1.40 bits per heavy atom. The van der Waals surface area contributed by atoms with Crippen molar-refractivity contribution in [3.05, 3.63) is 35.4 Å². The maximum Gasteiger partial charge on any atom is 0.312 e.